The number of rotatable bonds is 16. The minimum Gasteiger partial charge on any atom is -0.497 e. The van der Waals surface area contributed by atoms with E-state index in [-0.39, 0.29) is 32.1 Å². The van der Waals surface area contributed by atoms with Gasteiger partial charge in [-0.25, -0.2) is 0 Å². The van der Waals surface area contributed by atoms with E-state index >= 15 is 0 Å². The number of aliphatic carboxylic acids is 1. The van der Waals surface area contributed by atoms with Crippen LogP contribution >= 0.6 is 0 Å². The molecular formula is C27H39NO7. The fourth-order valence-electron chi connectivity index (χ4n) is 4.69. The molecule has 1 amide bonds. The molecule has 0 unspecified atom stereocenters. The van der Waals surface area contributed by atoms with E-state index in [4.69, 9.17) is 14.2 Å². The van der Waals surface area contributed by atoms with Crippen molar-refractivity contribution in [3.63, 3.8) is 0 Å². The Morgan fingerprint density at radius 1 is 1.26 bits per heavy atom. The van der Waals surface area contributed by atoms with E-state index in [2.05, 4.69) is 11.9 Å². The Labute approximate surface area is 208 Å². The third-order valence-corrected chi connectivity index (χ3v) is 6.50. The van der Waals surface area contributed by atoms with Crippen LogP contribution in [0.4, 0.5) is 0 Å². The molecule has 0 aromatic heterocycles. The molecule has 0 aliphatic heterocycles. The number of carbonyl (C=O) groups excluding carboxylic acids is 2. The van der Waals surface area contributed by atoms with E-state index in [1.165, 1.54) is 6.08 Å². The number of carbonyl (C=O) groups is 3. The molecule has 1 saturated carbocycles. The molecule has 2 rings (SSSR count). The molecule has 2 atom stereocenters. The number of carboxylic acids is 1. The number of benzene rings is 1. The summed E-state index contributed by atoms with van der Waals surface area (Å²) in [6, 6.07) is 6.87. The highest BCUT2D eigenvalue weighted by Crippen LogP contribution is 2.44. The Kier molecular flexibility index (Phi) is 11.8. The number of carboxylic acid groups (broad SMARTS) is 1. The van der Waals surface area contributed by atoms with Crippen molar-refractivity contribution in [1.29, 1.82) is 0 Å². The quantitative estimate of drug-likeness (QED) is 0.263. The number of amides is 1. The second-order valence-corrected chi connectivity index (χ2v) is 9.23. The first-order valence-corrected chi connectivity index (χ1v) is 12.3. The zero-order chi connectivity index (χ0) is 25.7. The van der Waals surface area contributed by atoms with Gasteiger partial charge >= 0.3 is 11.9 Å². The molecule has 1 aromatic carbocycles. The first-order valence-electron chi connectivity index (χ1n) is 12.3. The van der Waals surface area contributed by atoms with Crippen LogP contribution in [0.5, 0.6) is 5.75 Å². The average Bonchev–Trinajstić information content (AvgIpc) is 3.32. The van der Waals surface area contributed by atoms with Gasteiger partial charge in [-0.15, -0.1) is 0 Å². The number of nitrogens with one attached hydrogen (secondary N) is 1. The minimum atomic E-state index is -0.864. The largest absolute Gasteiger partial charge is 0.497 e. The molecular weight excluding hydrogens is 450 g/mol. The maximum Gasteiger partial charge on any atom is 0.308 e. The van der Waals surface area contributed by atoms with Crippen molar-refractivity contribution >= 4 is 17.8 Å². The van der Waals surface area contributed by atoms with Crippen LogP contribution in [0.25, 0.3) is 0 Å². The lowest BCUT2D eigenvalue weighted by Crippen LogP contribution is -2.48. The summed E-state index contributed by atoms with van der Waals surface area (Å²) in [5.41, 5.74) is 0.161. The number of esters is 1. The van der Waals surface area contributed by atoms with Gasteiger partial charge in [-0.1, -0.05) is 51.0 Å². The van der Waals surface area contributed by atoms with Gasteiger partial charge in [0.15, 0.2) is 0 Å². The van der Waals surface area contributed by atoms with Crippen LogP contribution in [0.3, 0.4) is 0 Å². The lowest BCUT2D eigenvalue weighted by atomic mass is 9.75. The number of hydrogen-bond acceptors (Lipinski definition) is 6. The molecule has 2 N–H and O–H groups in total. The second kappa shape index (κ2) is 14.5. The molecule has 8 heteroatoms. The summed E-state index contributed by atoms with van der Waals surface area (Å²) < 4.78 is 16.2. The zero-order valence-electron chi connectivity index (χ0n) is 20.9. The third-order valence-electron chi connectivity index (χ3n) is 6.50. The van der Waals surface area contributed by atoms with E-state index in [1.807, 2.05) is 31.2 Å². The molecule has 1 aromatic rings. The van der Waals surface area contributed by atoms with Crippen molar-refractivity contribution in [1.82, 2.24) is 5.32 Å². The number of ether oxygens (including phenoxy) is 3. The van der Waals surface area contributed by atoms with E-state index in [0.29, 0.717) is 31.4 Å². The zero-order valence-corrected chi connectivity index (χ0v) is 20.9. The predicted octanol–water partition coefficient (Wildman–Crippen LogP) is 4.27. The van der Waals surface area contributed by atoms with E-state index in [0.717, 1.165) is 24.8 Å². The monoisotopic (exact) mass is 489 g/mol. The molecule has 0 radical (unpaired) electrons. The van der Waals surface area contributed by atoms with Gasteiger partial charge in [-0.05, 0) is 43.4 Å². The van der Waals surface area contributed by atoms with Gasteiger partial charge in [0.05, 0.1) is 44.1 Å². The Morgan fingerprint density at radius 3 is 2.63 bits per heavy atom. The highest BCUT2D eigenvalue weighted by Gasteiger charge is 2.44. The first-order chi connectivity index (χ1) is 16.8. The summed E-state index contributed by atoms with van der Waals surface area (Å²) in [7, 11) is 1.59. The molecule has 0 heterocycles. The summed E-state index contributed by atoms with van der Waals surface area (Å²) in [5.74, 6) is -1.38. The van der Waals surface area contributed by atoms with Crippen LogP contribution in [0, 0.1) is 11.3 Å². The van der Waals surface area contributed by atoms with Crippen LogP contribution in [0.1, 0.15) is 63.9 Å². The second-order valence-electron chi connectivity index (χ2n) is 9.23. The minimum absolute atomic E-state index is 0.0505. The Bertz CT molecular complexity index is 848. The van der Waals surface area contributed by atoms with Crippen molar-refractivity contribution < 1.29 is 33.7 Å². The highest BCUT2D eigenvalue weighted by atomic mass is 16.5. The van der Waals surface area contributed by atoms with Crippen LogP contribution in [-0.2, 0) is 30.5 Å². The van der Waals surface area contributed by atoms with Crippen LogP contribution < -0.4 is 10.1 Å². The highest BCUT2D eigenvalue weighted by molar-refractivity contribution is 5.84. The van der Waals surface area contributed by atoms with Crippen LogP contribution in [0.15, 0.2) is 36.9 Å². The van der Waals surface area contributed by atoms with Crippen LogP contribution in [0.2, 0.25) is 0 Å². The van der Waals surface area contributed by atoms with E-state index in [1.54, 1.807) is 7.11 Å². The summed E-state index contributed by atoms with van der Waals surface area (Å²) in [4.78, 5) is 37.6. The molecule has 0 saturated heterocycles. The molecule has 1 fully saturated rings. The van der Waals surface area contributed by atoms with Gasteiger partial charge in [-0.3, -0.25) is 14.4 Å². The van der Waals surface area contributed by atoms with Crippen LogP contribution in [-0.4, -0.2) is 49.3 Å². The maximum atomic E-state index is 13.5. The molecule has 1 aliphatic carbocycles. The number of hydrogen-bond donors (Lipinski definition) is 2. The fourth-order valence-corrected chi connectivity index (χ4v) is 4.69. The lowest BCUT2D eigenvalue weighted by molar-refractivity contribution is -0.145. The lowest BCUT2D eigenvalue weighted by Gasteiger charge is -2.32. The smallest absolute Gasteiger partial charge is 0.308 e. The third kappa shape index (κ3) is 9.02. The molecule has 35 heavy (non-hydrogen) atoms. The number of methoxy groups -OCH3 is 1. The van der Waals surface area contributed by atoms with Crippen molar-refractivity contribution in [3.05, 3.63) is 42.5 Å². The Balaban J connectivity index is 2.09. The Morgan fingerprint density at radius 2 is 2.00 bits per heavy atom. The summed E-state index contributed by atoms with van der Waals surface area (Å²) in [6.45, 7) is 5.98. The normalized spacial score (nSPS) is 16.2. The predicted molar refractivity (Wildman–Crippen MR) is 132 cm³/mol. The van der Waals surface area contributed by atoms with Gasteiger partial charge < -0.3 is 24.6 Å². The van der Waals surface area contributed by atoms with Gasteiger partial charge in [0.2, 0.25) is 5.91 Å². The van der Waals surface area contributed by atoms with Crippen molar-refractivity contribution in [2.45, 2.75) is 70.9 Å². The molecule has 194 valence electrons. The molecule has 8 nitrogen and oxygen atoms in total. The summed E-state index contributed by atoms with van der Waals surface area (Å²) in [5, 5.41) is 12.7. The summed E-state index contributed by atoms with van der Waals surface area (Å²) in [6.07, 6.45) is 6.06. The van der Waals surface area contributed by atoms with E-state index in [9.17, 15) is 19.5 Å². The van der Waals surface area contributed by atoms with Crippen molar-refractivity contribution in [2.75, 3.05) is 20.3 Å². The van der Waals surface area contributed by atoms with Gasteiger partial charge in [0.1, 0.15) is 12.4 Å². The topological polar surface area (TPSA) is 111 Å². The van der Waals surface area contributed by atoms with Gasteiger partial charge in [-0.2, -0.15) is 0 Å². The molecule has 0 spiro atoms. The maximum absolute atomic E-state index is 13.5. The van der Waals surface area contributed by atoms with E-state index < -0.39 is 29.3 Å². The standard InChI is InChI=1S/C27H39NO7/c1-4-9-21(25(30)31)17-27(12-6-7-13-27)26(32)28-22(16-24(29)35-14-5-2)19-34-18-20-10-8-11-23(15-20)33-3/h5,8,10-11,15,21-22H,2,4,6-7,9,12-14,16-19H2,1,3H3,(H,28,32)(H,30,31)/t21-,22+/m1/s1. The molecule has 1 aliphatic rings. The first kappa shape index (κ1) is 28.4. The molecule has 0 bridgehead atoms. The summed E-state index contributed by atoms with van der Waals surface area (Å²) >= 11 is 0. The fraction of sp³-hybridized carbons (Fsp3) is 0.593. The average molecular weight is 490 g/mol. The SMILES string of the molecule is C=CCOC(=O)C[C@@H](COCc1cccc(OC)c1)NC(=O)C1(C[C@@H](CCC)C(=O)O)CCCC1. The van der Waals surface area contributed by atoms with Crippen molar-refractivity contribution in [2.24, 2.45) is 11.3 Å². The van der Waals surface area contributed by atoms with Gasteiger partial charge in [0.25, 0.3) is 0 Å². The Hall–Kier alpha value is -2.87. The van der Waals surface area contributed by atoms with Gasteiger partial charge in [0, 0.05) is 0 Å². The van der Waals surface area contributed by atoms with Crippen molar-refractivity contribution in [3.8, 4) is 5.75 Å².